The number of hydrogen-bond donors (Lipinski definition) is 1. The summed E-state index contributed by atoms with van der Waals surface area (Å²) < 4.78 is 25.7. The number of piperazine rings is 1. The van der Waals surface area contributed by atoms with E-state index >= 15 is 0 Å². The van der Waals surface area contributed by atoms with Gasteiger partial charge in [-0.1, -0.05) is 18.2 Å². The number of carbonyl (C=O) groups excluding carboxylic acids is 2. The van der Waals surface area contributed by atoms with Gasteiger partial charge in [-0.3, -0.25) is 14.5 Å². The number of para-hydroxylation sites is 1. The highest BCUT2D eigenvalue weighted by molar-refractivity contribution is 5.98. The molecule has 0 radical (unpaired) electrons. The number of fused-ring (bicyclic) bond motifs is 1. The molecule has 0 saturated carbocycles. The van der Waals surface area contributed by atoms with Crippen LogP contribution in [0, 0.1) is 5.82 Å². The average molecular weight is 558 g/mol. The Balaban J connectivity index is 1.19. The highest BCUT2D eigenvalue weighted by Crippen LogP contribution is 2.36. The molecule has 2 saturated heterocycles. The molecule has 212 valence electrons. The number of aromatic amines is 1. The topological polar surface area (TPSA) is 91.0 Å². The maximum absolute atomic E-state index is 14.8. The van der Waals surface area contributed by atoms with Crippen molar-refractivity contribution in [2.24, 2.45) is 0 Å². The van der Waals surface area contributed by atoms with Gasteiger partial charge in [-0.25, -0.2) is 9.37 Å². The number of ether oxygens (including phenoxy) is 2. The SMILES string of the molecule is COc1ccccc1-c1c[nH]c2ncc(-c3cc(F)cc(C(=O)N4CCN(CC(=O)N5CCOCC5)CC4)c3)cc12. The minimum absolute atomic E-state index is 0.0877. The maximum atomic E-state index is 14.8. The van der Waals surface area contributed by atoms with E-state index in [2.05, 4.69) is 14.9 Å². The lowest BCUT2D eigenvalue weighted by Gasteiger charge is -2.36. The number of benzene rings is 2. The second-order valence-corrected chi connectivity index (χ2v) is 10.3. The van der Waals surface area contributed by atoms with E-state index < -0.39 is 5.82 Å². The zero-order valence-electron chi connectivity index (χ0n) is 22.9. The summed E-state index contributed by atoms with van der Waals surface area (Å²) in [7, 11) is 1.63. The number of aromatic nitrogens is 2. The Bertz CT molecular complexity index is 1570. The first-order chi connectivity index (χ1) is 20.0. The molecule has 4 aromatic rings. The molecule has 10 heteroatoms. The smallest absolute Gasteiger partial charge is 0.254 e. The van der Waals surface area contributed by atoms with Gasteiger partial charge in [0.15, 0.2) is 0 Å². The van der Waals surface area contributed by atoms with Crippen LogP contribution in [0.2, 0.25) is 0 Å². The molecule has 41 heavy (non-hydrogen) atoms. The van der Waals surface area contributed by atoms with Crippen LogP contribution in [0.3, 0.4) is 0 Å². The summed E-state index contributed by atoms with van der Waals surface area (Å²) in [4.78, 5) is 39.4. The Labute approximate surface area is 237 Å². The molecule has 9 nitrogen and oxygen atoms in total. The van der Waals surface area contributed by atoms with Gasteiger partial charge in [-0.15, -0.1) is 0 Å². The first kappa shape index (κ1) is 26.9. The molecule has 4 heterocycles. The lowest BCUT2D eigenvalue weighted by atomic mass is 10.00. The highest BCUT2D eigenvalue weighted by atomic mass is 19.1. The summed E-state index contributed by atoms with van der Waals surface area (Å²) in [5.41, 5.74) is 4.10. The molecule has 0 bridgehead atoms. The van der Waals surface area contributed by atoms with Crippen molar-refractivity contribution in [1.29, 1.82) is 0 Å². The zero-order valence-corrected chi connectivity index (χ0v) is 22.9. The number of nitrogens with one attached hydrogen (secondary N) is 1. The molecule has 2 aliphatic heterocycles. The van der Waals surface area contributed by atoms with Crippen LogP contribution >= 0.6 is 0 Å². The van der Waals surface area contributed by atoms with Gasteiger partial charge in [0, 0.05) is 79.3 Å². The Morgan fingerprint density at radius 2 is 1.73 bits per heavy atom. The van der Waals surface area contributed by atoms with Crippen molar-refractivity contribution in [3.8, 4) is 28.0 Å². The summed E-state index contributed by atoms with van der Waals surface area (Å²) >= 11 is 0. The van der Waals surface area contributed by atoms with E-state index in [1.807, 2.05) is 41.4 Å². The predicted octanol–water partition coefficient (Wildman–Crippen LogP) is 3.66. The van der Waals surface area contributed by atoms with Crippen molar-refractivity contribution in [2.45, 2.75) is 0 Å². The van der Waals surface area contributed by atoms with Crippen molar-refractivity contribution in [1.82, 2.24) is 24.7 Å². The van der Waals surface area contributed by atoms with Crippen LogP contribution in [0.25, 0.3) is 33.3 Å². The van der Waals surface area contributed by atoms with E-state index in [9.17, 15) is 14.0 Å². The number of hydrogen-bond acceptors (Lipinski definition) is 6. The predicted molar refractivity (Wildman–Crippen MR) is 153 cm³/mol. The van der Waals surface area contributed by atoms with Crippen LogP contribution in [-0.4, -0.2) is 103 Å². The molecular weight excluding hydrogens is 525 g/mol. The van der Waals surface area contributed by atoms with E-state index in [0.29, 0.717) is 75.8 Å². The third-order valence-electron chi connectivity index (χ3n) is 7.79. The molecule has 2 amide bonds. The molecule has 2 aromatic carbocycles. The van der Waals surface area contributed by atoms with Crippen LogP contribution in [0.1, 0.15) is 10.4 Å². The van der Waals surface area contributed by atoms with Crippen LogP contribution in [-0.2, 0) is 9.53 Å². The number of amides is 2. The van der Waals surface area contributed by atoms with Gasteiger partial charge in [0.2, 0.25) is 5.91 Å². The minimum atomic E-state index is -0.486. The summed E-state index contributed by atoms with van der Waals surface area (Å²) in [5.74, 6) is 0.114. The molecule has 2 aromatic heterocycles. The molecule has 2 aliphatic rings. The Hall–Kier alpha value is -4.28. The maximum Gasteiger partial charge on any atom is 0.254 e. The monoisotopic (exact) mass is 557 g/mol. The van der Waals surface area contributed by atoms with Gasteiger partial charge < -0.3 is 24.3 Å². The summed E-state index contributed by atoms with van der Waals surface area (Å²) in [5, 5.41) is 0.867. The van der Waals surface area contributed by atoms with Crippen molar-refractivity contribution in [2.75, 3.05) is 66.1 Å². The fourth-order valence-electron chi connectivity index (χ4n) is 5.53. The van der Waals surface area contributed by atoms with Gasteiger partial charge in [0.25, 0.3) is 5.91 Å². The quantitative estimate of drug-likeness (QED) is 0.389. The van der Waals surface area contributed by atoms with Gasteiger partial charge in [-0.05, 0) is 35.9 Å². The van der Waals surface area contributed by atoms with E-state index in [1.54, 1.807) is 24.3 Å². The standard InChI is InChI=1S/C31H32FN5O4/c1-40-28-5-3-2-4-25(28)27-19-34-30-26(27)17-23(18-33-30)21-14-22(16-24(32)15-21)31(39)37-8-6-35(7-9-37)20-29(38)36-10-12-41-13-11-36/h2-5,14-19H,6-13,20H2,1H3,(H,33,34). The summed E-state index contributed by atoms with van der Waals surface area (Å²) in [6.45, 7) is 4.83. The molecule has 0 aliphatic carbocycles. The van der Waals surface area contributed by atoms with Crippen molar-refractivity contribution >= 4 is 22.8 Å². The van der Waals surface area contributed by atoms with Gasteiger partial charge in [0.05, 0.1) is 26.9 Å². The summed E-state index contributed by atoms with van der Waals surface area (Å²) in [6, 6.07) is 14.1. The Kier molecular flexibility index (Phi) is 7.67. The van der Waals surface area contributed by atoms with E-state index in [0.717, 1.165) is 22.3 Å². The van der Waals surface area contributed by atoms with Crippen molar-refractivity contribution < 1.29 is 23.5 Å². The molecule has 1 N–H and O–H groups in total. The van der Waals surface area contributed by atoms with Gasteiger partial charge in [0.1, 0.15) is 17.2 Å². The number of pyridine rings is 1. The number of H-pyrrole nitrogens is 1. The third kappa shape index (κ3) is 5.66. The molecule has 6 rings (SSSR count). The molecule has 0 spiro atoms. The number of carbonyl (C=O) groups is 2. The first-order valence-corrected chi connectivity index (χ1v) is 13.8. The van der Waals surface area contributed by atoms with Crippen molar-refractivity contribution in [3.05, 3.63) is 72.3 Å². The van der Waals surface area contributed by atoms with Gasteiger partial charge in [-0.2, -0.15) is 0 Å². The molecular formula is C31H32FN5O4. The van der Waals surface area contributed by atoms with E-state index in [-0.39, 0.29) is 17.4 Å². The van der Waals surface area contributed by atoms with Crippen LogP contribution < -0.4 is 4.74 Å². The minimum Gasteiger partial charge on any atom is -0.496 e. The number of nitrogens with zero attached hydrogens (tertiary/aromatic N) is 4. The number of methoxy groups -OCH3 is 1. The lowest BCUT2D eigenvalue weighted by molar-refractivity contribution is -0.136. The number of morpholine rings is 1. The molecule has 0 atom stereocenters. The van der Waals surface area contributed by atoms with E-state index in [4.69, 9.17) is 9.47 Å². The lowest BCUT2D eigenvalue weighted by Crippen LogP contribution is -2.52. The first-order valence-electron chi connectivity index (χ1n) is 13.8. The van der Waals surface area contributed by atoms with E-state index in [1.165, 1.54) is 12.1 Å². The Morgan fingerprint density at radius 3 is 2.51 bits per heavy atom. The largest absolute Gasteiger partial charge is 0.496 e. The van der Waals surface area contributed by atoms with Gasteiger partial charge >= 0.3 is 0 Å². The zero-order chi connectivity index (χ0) is 28.3. The molecule has 0 unspecified atom stereocenters. The fourth-order valence-corrected chi connectivity index (χ4v) is 5.53. The normalized spacial score (nSPS) is 16.2. The Morgan fingerprint density at radius 1 is 0.951 bits per heavy atom. The number of rotatable bonds is 6. The highest BCUT2D eigenvalue weighted by Gasteiger charge is 2.26. The van der Waals surface area contributed by atoms with Crippen LogP contribution in [0.4, 0.5) is 4.39 Å². The van der Waals surface area contributed by atoms with Crippen molar-refractivity contribution in [3.63, 3.8) is 0 Å². The third-order valence-corrected chi connectivity index (χ3v) is 7.79. The molecule has 2 fully saturated rings. The van der Waals surface area contributed by atoms with Crippen LogP contribution in [0.5, 0.6) is 5.75 Å². The second kappa shape index (κ2) is 11.7. The summed E-state index contributed by atoms with van der Waals surface area (Å²) in [6.07, 6.45) is 3.56. The van der Waals surface area contributed by atoms with Crippen LogP contribution in [0.15, 0.2) is 60.9 Å². The fraction of sp³-hybridized carbons (Fsp3) is 0.323. The number of halogens is 1. The second-order valence-electron chi connectivity index (χ2n) is 10.3. The average Bonchev–Trinajstić information content (AvgIpc) is 3.44.